The molecule has 6 nitrogen and oxygen atoms in total. The molecule has 1 aromatic rings. The lowest BCUT2D eigenvalue weighted by Gasteiger charge is -2.20. The highest BCUT2D eigenvalue weighted by molar-refractivity contribution is 7.89. The van der Waals surface area contributed by atoms with E-state index in [2.05, 4.69) is 0 Å². The number of hydrogen-bond acceptors (Lipinski definition) is 5. The highest BCUT2D eigenvalue weighted by Crippen LogP contribution is 2.28. The Morgan fingerprint density at radius 2 is 2.11 bits per heavy atom. The summed E-state index contributed by atoms with van der Waals surface area (Å²) >= 11 is 0. The number of nitrogens with two attached hydrogens (primary N) is 1. The van der Waals surface area contributed by atoms with Crippen LogP contribution in [0.3, 0.4) is 0 Å². The van der Waals surface area contributed by atoms with Gasteiger partial charge in [-0.1, -0.05) is 0 Å². The monoisotopic (exact) mass is 274 g/mol. The van der Waals surface area contributed by atoms with E-state index in [9.17, 15) is 13.5 Å². The van der Waals surface area contributed by atoms with Gasteiger partial charge in [0.15, 0.2) is 0 Å². The summed E-state index contributed by atoms with van der Waals surface area (Å²) in [5.41, 5.74) is 6.00. The van der Waals surface area contributed by atoms with E-state index in [0.29, 0.717) is 5.69 Å². The van der Waals surface area contributed by atoms with Gasteiger partial charge in [-0.2, -0.15) is 4.31 Å². The molecule has 0 amide bonds. The van der Waals surface area contributed by atoms with Crippen LogP contribution in [0.1, 0.15) is 6.92 Å². The zero-order valence-electron chi connectivity index (χ0n) is 10.6. The molecule has 0 aliphatic rings. The zero-order chi connectivity index (χ0) is 13.9. The molecule has 18 heavy (non-hydrogen) atoms. The molecule has 3 N–H and O–H groups in total. The van der Waals surface area contributed by atoms with Crippen molar-refractivity contribution in [2.45, 2.75) is 17.9 Å². The number of aliphatic hydroxyl groups is 1. The van der Waals surface area contributed by atoms with Gasteiger partial charge in [-0.15, -0.1) is 0 Å². The van der Waals surface area contributed by atoms with E-state index in [-0.39, 0.29) is 17.2 Å². The predicted molar refractivity (Wildman–Crippen MR) is 68.9 cm³/mol. The van der Waals surface area contributed by atoms with E-state index in [1.165, 1.54) is 39.3 Å². The van der Waals surface area contributed by atoms with Crippen LogP contribution in [0.15, 0.2) is 23.1 Å². The molecule has 1 rings (SSSR count). The second kappa shape index (κ2) is 5.55. The van der Waals surface area contributed by atoms with Crippen LogP contribution in [0.4, 0.5) is 5.69 Å². The van der Waals surface area contributed by atoms with Crippen molar-refractivity contribution in [3.05, 3.63) is 18.2 Å². The number of benzene rings is 1. The number of methoxy groups -OCH3 is 1. The lowest BCUT2D eigenvalue weighted by molar-refractivity contribution is 0.171. The smallest absolute Gasteiger partial charge is 0.246 e. The third-order valence-corrected chi connectivity index (χ3v) is 4.26. The average molecular weight is 274 g/mol. The van der Waals surface area contributed by atoms with E-state index in [0.717, 1.165) is 4.31 Å². The first-order valence-corrected chi connectivity index (χ1v) is 6.81. The van der Waals surface area contributed by atoms with Gasteiger partial charge in [-0.25, -0.2) is 8.42 Å². The van der Waals surface area contributed by atoms with Gasteiger partial charge in [0, 0.05) is 25.3 Å². The predicted octanol–water partition coefficient (Wildman–Crippen LogP) is 0.279. The van der Waals surface area contributed by atoms with Crippen molar-refractivity contribution in [1.29, 1.82) is 0 Å². The van der Waals surface area contributed by atoms with Gasteiger partial charge >= 0.3 is 0 Å². The summed E-state index contributed by atoms with van der Waals surface area (Å²) in [5.74, 6) is 0.187. The third-order valence-electron chi connectivity index (χ3n) is 2.40. The zero-order valence-corrected chi connectivity index (χ0v) is 11.4. The number of anilines is 1. The summed E-state index contributed by atoms with van der Waals surface area (Å²) in [4.78, 5) is 0.0300. The Morgan fingerprint density at radius 1 is 1.50 bits per heavy atom. The molecule has 0 spiro atoms. The molecule has 0 bridgehead atoms. The Kier molecular flexibility index (Phi) is 4.55. The van der Waals surface area contributed by atoms with Crippen LogP contribution in [-0.2, 0) is 10.0 Å². The van der Waals surface area contributed by atoms with Crippen LogP contribution >= 0.6 is 0 Å². The number of aliphatic hydroxyl groups excluding tert-OH is 1. The highest BCUT2D eigenvalue weighted by atomic mass is 32.2. The number of hydrogen-bond donors (Lipinski definition) is 2. The molecule has 0 heterocycles. The molecule has 1 unspecified atom stereocenters. The SMILES string of the molecule is COc1cc(N)ccc1S(=O)(=O)N(C)CC(C)O. The Labute approximate surface area is 107 Å². The summed E-state index contributed by atoms with van der Waals surface area (Å²) < 4.78 is 30.6. The Hall–Kier alpha value is -1.31. The second-order valence-electron chi connectivity index (χ2n) is 4.04. The van der Waals surface area contributed by atoms with Gasteiger partial charge in [0.25, 0.3) is 0 Å². The van der Waals surface area contributed by atoms with E-state index >= 15 is 0 Å². The molecule has 0 saturated heterocycles. The largest absolute Gasteiger partial charge is 0.495 e. The van der Waals surface area contributed by atoms with Crippen LogP contribution in [-0.4, -0.2) is 44.6 Å². The number of rotatable bonds is 5. The van der Waals surface area contributed by atoms with Crippen LogP contribution < -0.4 is 10.5 Å². The van der Waals surface area contributed by atoms with E-state index < -0.39 is 16.1 Å². The van der Waals surface area contributed by atoms with Gasteiger partial charge in [-0.05, 0) is 19.1 Å². The number of sulfonamides is 1. The first kappa shape index (κ1) is 14.7. The Balaban J connectivity index is 3.20. The quantitative estimate of drug-likeness (QED) is 0.752. The molecule has 1 aromatic carbocycles. The summed E-state index contributed by atoms with van der Waals surface area (Å²) in [6.07, 6.45) is -0.746. The summed E-state index contributed by atoms with van der Waals surface area (Å²) in [6.45, 7) is 1.53. The number of ether oxygens (including phenoxy) is 1. The minimum absolute atomic E-state index is 0.00979. The van der Waals surface area contributed by atoms with Crippen LogP contribution in [0.5, 0.6) is 5.75 Å². The standard InChI is InChI=1S/C11H18N2O4S/c1-8(14)7-13(2)18(15,16)11-5-4-9(12)6-10(11)17-3/h4-6,8,14H,7,12H2,1-3H3. The summed E-state index contributed by atoms with van der Waals surface area (Å²) in [5, 5.41) is 9.25. The maximum atomic E-state index is 12.3. The summed E-state index contributed by atoms with van der Waals surface area (Å²) in [7, 11) is -0.923. The first-order chi connectivity index (χ1) is 8.28. The molecule has 0 aromatic heterocycles. The maximum Gasteiger partial charge on any atom is 0.246 e. The van der Waals surface area contributed by atoms with Gasteiger partial charge in [0.2, 0.25) is 10.0 Å². The van der Waals surface area contributed by atoms with Crippen molar-refractivity contribution in [3.8, 4) is 5.75 Å². The number of nitrogens with zero attached hydrogens (tertiary/aromatic N) is 1. The first-order valence-electron chi connectivity index (χ1n) is 5.37. The lowest BCUT2D eigenvalue weighted by Crippen LogP contribution is -2.33. The van der Waals surface area contributed by atoms with E-state index in [4.69, 9.17) is 10.5 Å². The molecule has 7 heteroatoms. The van der Waals surface area contributed by atoms with Crippen molar-refractivity contribution < 1.29 is 18.3 Å². The van der Waals surface area contributed by atoms with Gasteiger partial charge in [0.05, 0.1) is 13.2 Å². The normalized spacial score (nSPS) is 13.6. The fourth-order valence-corrected chi connectivity index (χ4v) is 2.92. The maximum absolute atomic E-state index is 12.3. The Morgan fingerprint density at radius 3 is 2.61 bits per heavy atom. The molecule has 0 fully saturated rings. The molecular formula is C11H18N2O4S. The van der Waals surface area contributed by atoms with Gasteiger partial charge in [-0.3, -0.25) is 0 Å². The number of nitrogen functional groups attached to an aromatic ring is 1. The minimum atomic E-state index is -3.70. The molecular weight excluding hydrogens is 256 g/mol. The van der Waals surface area contributed by atoms with Gasteiger partial charge < -0.3 is 15.6 Å². The van der Waals surface area contributed by atoms with E-state index in [1.807, 2.05) is 0 Å². The molecule has 0 radical (unpaired) electrons. The third kappa shape index (κ3) is 3.12. The van der Waals surface area contributed by atoms with Crippen molar-refractivity contribution >= 4 is 15.7 Å². The van der Waals surface area contributed by atoms with Crippen molar-refractivity contribution in [2.24, 2.45) is 0 Å². The van der Waals surface area contributed by atoms with Crippen molar-refractivity contribution in [3.63, 3.8) is 0 Å². The van der Waals surface area contributed by atoms with Crippen molar-refractivity contribution in [1.82, 2.24) is 4.31 Å². The second-order valence-corrected chi connectivity index (χ2v) is 6.06. The number of likely N-dealkylation sites (N-methyl/N-ethyl adjacent to an activating group) is 1. The van der Waals surface area contributed by atoms with Crippen LogP contribution in [0.25, 0.3) is 0 Å². The molecule has 102 valence electrons. The van der Waals surface area contributed by atoms with Gasteiger partial charge in [0.1, 0.15) is 10.6 Å². The molecule has 0 aliphatic heterocycles. The molecule has 0 saturated carbocycles. The highest BCUT2D eigenvalue weighted by Gasteiger charge is 2.25. The topological polar surface area (TPSA) is 92.9 Å². The minimum Gasteiger partial charge on any atom is -0.495 e. The Bertz CT molecular complexity index is 514. The summed E-state index contributed by atoms with van der Waals surface area (Å²) in [6, 6.07) is 4.33. The molecule has 0 aliphatic carbocycles. The molecule has 1 atom stereocenters. The lowest BCUT2D eigenvalue weighted by atomic mass is 10.3. The van der Waals surface area contributed by atoms with E-state index in [1.54, 1.807) is 0 Å². The fourth-order valence-electron chi connectivity index (χ4n) is 1.54. The fraction of sp³-hybridized carbons (Fsp3) is 0.455. The van der Waals surface area contributed by atoms with Crippen LogP contribution in [0, 0.1) is 0 Å². The van der Waals surface area contributed by atoms with Crippen molar-refractivity contribution in [2.75, 3.05) is 26.4 Å². The van der Waals surface area contributed by atoms with Crippen LogP contribution in [0.2, 0.25) is 0 Å². The average Bonchev–Trinajstić information content (AvgIpc) is 2.27.